The summed E-state index contributed by atoms with van der Waals surface area (Å²) in [6, 6.07) is 3.89. The minimum atomic E-state index is -4.26. The first-order valence-electron chi connectivity index (χ1n) is 5.70. The molecule has 93 valence electrons. The van der Waals surface area contributed by atoms with Crippen LogP contribution in [-0.4, -0.2) is 0 Å². The Morgan fingerprint density at radius 1 is 1.00 bits per heavy atom. The maximum Gasteiger partial charge on any atom is 0.416 e. The van der Waals surface area contributed by atoms with E-state index in [9.17, 15) is 13.2 Å². The van der Waals surface area contributed by atoms with Gasteiger partial charge in [-0.05, 0) is 36.6 Å². The number of alkyl halides is 3. The third kappa shape index (κ3) is 3.03. The van der Waals surface area contributed by atoms with Crippen LogP contribution in [0.1, 0.15) is 43.2 Å². The van der Waals surface area contributed by atoms with E-state index in [2.05, 4.69) is 15.9 Å². The van der Waals surface area contributed by atoms with Crippen LogP contribution in [-0.2, 0) is 6.18 Å². The first kappa shape index (κ1) is 12.9. The first-order chi connectivity index (χ1) is 7.98. The van der Waals surface area contributed by atoms with E-state index in [0.717, 1.165) is 47.7 Å². The van der Waals surface area contributed by atoms with Crippen LogP contribution in [0, 0.1) is 5.92 Å². The summed E-state index contributed by atoms with van der Waals surface area (Å²) in [5, 5.41) is 0. The quantitative estimate of drug-likeness (QED) is 0.655. The second-order valence-electron chi connectivity index (χ2n) is 4.36. The van der Waals surface area contributed by atoms with Gasteiger partial charge in [-0.1, -0.05) is 35.2 Å². The summed E-state index contributed by atoms with van der Waals surface area (Å²) in [4.78, 5) is 0. The fraction of sp³-hybridized carbons (Fsp3) is 0.462. The lowest BCUT2D eigenvalue weighted by molar-refractivity contribution is -0.137. The molecule has 0 unspecified atom stereocenters. The van der Waals surface area contributed by atoms with E-state index >= 15 is 0 Å². The van der Waals surface area contributed by atoms with Crippen molar-refractivity contribution in [1.82, 2.24) is 0 Å². The molecule has 1 aromatic carbocycles. The molecule has 0 amide bonds. The zero-order valence-electron chi connectivity index (χ0n) is 9.28. The molecule has 0 aliphatic heterocycles. The highest BCUT2D eigenvalue weighted by Gasteiger charge is 2.32. The zero-order chi connectivity index (χ0) is 12.5. The predicted molar refractivity (Wildman–Crippen MR) is 64.6 cm³/mol. The molecule has 0 spiro atoms. The van der Waals surface area contributed by atoms with E-state index < -0.39 is 11.7 Å². The highest BCUT2D eigenvalue weighted by molar-refractivity contribution is 9.10. The van der Waals surface area contributed by atoms with Crippen molar-refractivity contribution in [3.8, 4) is 0 Å². The van der Waals surface area contributed by atoms with Crippen molar-refractivity contribution in [2.45, 2.75) is 38.3 Å². The molecular weight excluding hydrogens is 293 g/mol. The molecule has 1 radical (unpaired) electrons. The molecule has 0 nitrogen and oxygen atoms in total. The van der Waals surface area contributed by atoms with E-state index in [1.807, 2.05) is 0 Å². The highest BCUT2D eigenvalue weighted by Crippen LogP contribution is 2.39. The Morgan fingerprint density at radius 3 is 2.24 bits per heavy atom. The van der Waals surface area contributed by atoms with Gasteiger partial charge in [0.25, 0.3) is 0 Å². The van der Waals surface area contributed by atoms with Crippen LogP contribution in [0.15, 0.2) is 22.7 Å². The minimum absolute atomic E-state index is 0.561. The van der Waals surface area contributed by atoms with Gasteiger partial charge in [0, 0.05) is 10.4 Å². The molecule has 1 aromatic rings. The Bertz CT molecular complexity index is 392. The third-order valence-corrected chi connectivity index (χ3v) is 3.82. The lowest BCUT2D eigenvalue weighted by Crippen LogP contribution is -2.10. The maximum absolute atomic E-state index is 12.6. The van der Waals surface area contributed by atoms with Crippen LogP contribution in [0.5, 0.6) is 0 Å². The summed E-state index contributed by atoms with van der Waals surface area (Å²) in [6.45, 7) is 0. The van der Waals surface area contributed by atoms with E-state index in [1.54, 1.807) is 0 Å². The Balaban J connectivity index is 2.31. The molecule has 1 saturated carbocycles. The predicted octanol–water partition coefficient (Wildman–Crippen LogP) is 5.35. The van der Waals surface area contributed by atoms with Crippen LogP contribution in [0.4, 0.5) is 13.2 Å². The molecule has 1 aliphatic carbocycles. The summed E-state index contributed by atoms with van der Waals surface area (Å²) in [5.74, 6) is 1.15. The Labute approximate surface area is 107 Å². The van der Waals surface area contributed by atoms with Gasteiger partial charge in [0.05, 0.1) is 5.56 Å². The lowest BCUT2D eigenvalue weighted by atomic mass is 9.83. The zero-order valence-corrected chi connectivity index (χ0v) is 10.9. The summed E-state index contributed by atoms with van der Waals surface area (Å²) >= 11 is 3.34. The molecule has 1 fully saturated rings. The third-order valence-electron chi connectivity index (χ3n) is 3.13. The van der Waals surface area contributed by atoms with Crippen molar-refractivity contribution in [1.29, 1.82) is 0 Å². The number of rotatable bonds is 1. The molecule has 0 aromatic heterocycles. The molecule has 2 rings (SSSR count). The Hall–Kier alpha value is -0.510. The molecule has 4 heteroatoms. The largest absolute Gasteiger partial charge is 0.416 e. The van der Waals surface area contributed by atoms with Gasteiger partial charge >= 0.3 is 6.18 Å². The molecule has 0 heterocycles. The number of benzene rings is 1. The summed E-state index contributed by atoms with van der Waals surface area (Å²) < 4.78 is 38.7. The highest BCUT2D eigenvalue weighted by atomic mass is 79.9. The fourth-order valence-electron chi connectivity index (χ4n) is 2.22. The molecule has 0 bridgehead atoms. The van der Waals surface area contributed by atoms with Gasteiger partial charge in [0.15, 0.2) is 0 Å². The topological polar surface area (TPSA) is 0 Å². The standard InChI is InChI=1S/C13H13BrF3/c14-12-7-6-10(13(15,16)17)8-11(12)9-4-2-1-3-5-9/h6-8H,1-5H2. The van der Waals surface area contributed by atoms with Crippen molar-refractivity contribution in [2.75, 3.05) is 0 Å². The Morgan fingerprint density at radius 2 is 1.65 bits per heavy atom. The smallest absolute Gasteiger partial charge is 0.166 e. The molecule has 0 N–H and O–H groups in total. The van der Waals surface area contributed by atoms with Crippen LogP contribution < -0.4 is 0 Å². The van der Waals surface area contributed by atoms with Gasteiger partial charge < -0.3 is 0 Å². The fourth-order valence-corrected chi connectivity index (χ4v) is 2.75. The van der Waals surface area contributed by atoms with Gasteiger partial charge in [-0.25, -0.2) is 0 Å². The van der Waals surface area contributed by atoms with Crippen LogP contribution in [0.3, 0.4) is 0 Å². The van der Waals surface area contributed by atoms with E-state index in [4.69, 9.17) is 0 Å². The molecule has 1 aliphatic rings. The van der Waals surface area contributed by atoms with Crippen molar-refractivity contribution in [3.05, 3.63) is 39.7 Å². The van der Waals surface area contributed by atoms with Crippen molar-refractivity contribution in [2.24, 2.45) is 0 Å². The second kappa shape index (κ2) is 5.01. The molecule has 17 heavy (non-hydrogen) atoms. The number of hydrogen-bond acceptors (Lipinski definition) is 0. The normalized spacial score (nSPS) is 18.4. The van der Waals surface area contributed by atoms with Crippen LogP contribution in [0.2, 0.25) is 0 Å². The van der Waals surface area contributed by atoms with Gasteiger partial charge in [-0.3, -0.25) is 0 Å². The minimum Gasteiger partial charge on any atom is -0.166 e. The summed E-state index contributed by atoms with van der Waals surface area (Å²) in [7, 11) is 0. The van der Waals surface area contributed by atoms with Gasteiger partial charge in [-0.2, -0.15) is 13.2 Å². The van der Waals surface area contributed by atoms with Crippen LogP contribution in [0.25, 0.3) is 0 Å². The molecule has 0 saturated heterocycles. The molecule has 0 atom stereocenters. The summed E-state index contributed by atoms with van der Waals surface area (Å²) in [6.07, 6.45) is 0.917. The van der Waals surface area contributed by atoms with Gasteiger partial charge in [-0.15, -0.1) is 0 Å². The number of halogens is 4. The average Bonchev–Trinajstić information content (AvgIpc) is 2.29. The van der Waals surface area contributed by atoms with E-state index in [0.29, 0.717) is 0 Å². The van der Waals surface area contributed by atoms with E-state index in [-0.39, 0.29) is 0 Å². The second-order valence-corrected chi connectivity index (χ2v) is 5.21. The van der Waals surface area contributed by atoms with E-state index in [1.165, 1.54) is 18.6 Å². The van der Waals surface area contributed by atoms with Gasteiger partial charge in [0.1, 0.15) is 0 Å². The SMILES string of the molecule is FC(F)(F)c1ccc(Br)c([C]2CCCCC2)c1. The molecular formula is C13H13BrF3. The van der Waals surface area contributed by atoms with Crippen LogP contribution >= 0.6 is 15.9 Å². The monoisotopic (exact) mass is 305 g/mol. The first-order valence-corrected chi connectivity index (χ1v) is 6.49. The number of hydrogen-bond donors (Lipinski definition) is 0. The maximum atomic E-state index is 12.6. The lowest BCUT2D eigenvalue weighted by Gasteiger charge is -2.23. The van der Waals surface area contributed by atoms with Crippen molar-refractivity contribution < 1.29 is 13.2 Å². The van der Waals surface area contributed by atoms with Gasteiger partial charge in [0.2, 0.25) is 0 Å². The Kier molecular flexibility index (Phi) is 3.81. The average molecular weight is 306 g/mol. The van der Waals surface area contributed by atoms with Crippen molar-refractivity contribution in [3.63, 3.8) is 0 Å². The summed E-state index contributed by atoms with van der Waals surface area (Å²) in [5.41, 5.74) is 0.174. The van der Waals surface area contributed by atoms with Crippen molar-refractivity contribution >= 4 is 15.9 Å².